The molecule has 188 valence electrons. The SMILES string of the molecule is CC(C)CCC[C@@H](C)[C@H]1CC[C@@]2(C)[C@@H]3CC[C@H]4C(C)(C)[C@@H](O)CC[C@@]45C(=O)O[C@@H](C[C@]12C)[C@@H]35. The van der Waals surface area contributed by atoms with Gasteiger partial charge in [0.15, 0.2) is 0 Å². The first-order valence-electron chi connectivity index (χ1n) is 14.3. The van der Waals surface area contributed by atoms with E-state index in [0.717, 1.165) is 43.4 Å². The maximum absolute atomic E-state index is 13.7. The van der Waals surface area contributed by atoms with E-state index in [4.69, 9.17) is 4.74 Å². The van der Waals surface area contributed by atoms with Crippen molar-refractivity contribution >= 4 is 5.97 Å². The summed E-state index contributed by atoms with van der Waals surface area (Å²) in [5.41, 5.74) is 0.0132. The van der Waals surface area contributed by atoms with Crippen molar-refractivity contribution in [1.82, 2.24) is 0 Å². The average Bonchev–Trinajstić information content (AvgIpc) is 3.16. The lowest BCUT2D eigenvalue weighted by Crippen LogP contribution is -2.64. The molecule has 0 aromatic rings. The first kappa shape index (κ1) is 24.1. The zero-order chi connectivity index (χ0) is 24.0. The molecule has 0 unspecified atom stereocenters. The normalized spacial score (nSPS) is 51.0. The van der Waals surface area contributed by atoms with Crippen molar-refractivity contribution in [1.29, 1.82) is 0 Å². The Morgan fingerprint density at radius 3 is 2.39 bits per heavy atom. The van der Waals surface area contributed by atoms with Crippen molar-refractivity contribution in [3.8, 4) is 0 Å². The summed E-state index contributed by atoms with van der Waals surface area (Å²) in [7, 11) is 0. The van der Waals surface area contributed by atoms with Crippen molar-refractivity contribution in [3.05, 3.63) is 0 Å². The summed E-state index contributed by atoms with van der Waals surface area (Å²) in [6, 6.07) is 0. The summed E-state index contributed by atoms with van der Waals surface area (Å²) >= 11 is 0. The number of aliphatic hydroxyl groups excluding tert-OH is 1. The van der Waals surface area contributed by atoms with Crippen LogP contribution >= 0.6 is 0 Å². The molecule has 33 heavy (non-hydrogen) atoms. The van der Waals surface area contributed by atoms with E-state index in [-0.39, 0.29) is 40.3 Å². The smallest absolute Gasteiger partial charge is 0.313 e. The first-order chi connectivity index (χ1) is 15.4. The predicted molar refractivity (Wildman–Crippen MR) is 132 cm³/mol. The van der Waals surface area contributed by atoms with Gasteiger partial charge in [-0.05, 0) is 90.8 Å². The second-order valence-corrected chi connectivity index (χ2v) is 14.6. The molecule has 5 aliphatic rings. The number of hydrogen-bond acceptors (Lipinski definition) is 3. The average molecular weight is 459 g/mol. The summed E-state index contributed by atoms with van der Waals surface area (Å²) in [6.45, 7) is 16.8. The standard InChI is InChI=1S/C30H50O3/c1-18(2)9-8-10-19(3)20-13-15-28(6)21-11-12-23-27(4,5)24(31)14-16-30(23)25(21)22(33-26(30)32)17-29(20,28)7/h18-25,31H,8-17H2,1-7H3/t19-,20-,21-,22+,23+,24+,25-,28+,29-,30-/m1/s1. The minimum absolute atomic E-state index is 0.0953. The zero-order valence-corrected chi connectivity index (χ0v) is 22.5. The van der Waals surface area contributed by atoms with Crippen LogP contribution in [0.1, 0.15) is 113 Å². The highest BCUT2D eigenvalue weighted by Gasteiger charge is 2.76. The maximum Gasteiger partial charge on any atom is 0.313 e. The molecule has 1 aliphatic heterocycles. The Morgan fingerprint density at radius 1 is 0.970 bits per heavy atom. The van der Waals surface area contributed by atoms with Crippen LogP contribution in [-0.4, -0.2) is 23.3 Å². The predicted octanol–water partition coefficient (Wildman–Crippen LogP) is 7.01. The number of esters is 1. The van der Waals surface area contributed by atoms with E-state index >= 15 is 0 Å². The highest BCUT2D eigenvalue weighted by molar-refractivity contribution is 5.81. The number of aliphatic hydroxyl groups is 1. The minimum atomic E-state index is -0.346. The Labute approximate surface area is 202 Å². The minimum Gasteiger partial charge on any atom is -0.462 e. The van der Waals surface area contributed by atoms with E-state index in [1.807, 2.05) is 0 Å². The molecule has 1 saturated heterocycles. The summed E-state index contributed by atoms with van der Waals surface area (Å²) < 4.78 is 6.41. The molecule has 4 aliphatic carbocycles. The van der Waals surface area contributed by atoms with Gasteiger partial charge in [-0.25, -0.2) is 0 Å². The fourth-order valence-corrected chi connectivity index (χ4v) is 10.8. The number of ether oxygens (including phenoxy) is 1. The van der Waals surface area contributed by atoms with Crippen molar-refractivity contribution in [2.24, 2.45) is 57.2 Å². The number of carbonyl (C=O) groups excluding carboxylic acids is 1. The van der Waals surface area contributed by atoms with Gasteiger partial charge in [-0.2, -0.15) is 0 Å². The molecule has 4 saturated carbocycles. The van der Waals surface area contributed by atoms with Crippen LogP contribution in [0.3, 0.4) is 0 Å². The van der Waals surface area contributed by atoms with Gasteiger partial charge in [0.1, 0.15) is 6.10 Å². The Morgan fingerprint density at radius 2 is 1.70 bits per heavy atom. The molecule has 1 N–H and O–H groups in total. The van der Waals surface area contributed by atoms with Crippen LogP contribution in [0.5, 0.6) is 0 Å². The highest BCUT2D eigenvalue weighted by atomic mass is 16.6. The van der Waals surface area contributed by atoms with Crippen molar-refractivity contribution in [2.75, 3.05) is 0 Å². The lowest BCUT2D eigenvalue weighted by atomic mass is 9.37. The number of hydrogen-bond donors (Lipinski definition) is 1. The van der Waals surface area contributed by atoms with Crippen molar-refractivity contribution < 1.29 is 14.6 Å². The van der Waals surface area contributed by atoms with Gasteiger partial charge in [0.25, 0.3) is 0 Å². The van der Waals surface area contributed by atoms with Crippen LogP contribution in [0.2, 0.25) is 0 Å². The van der Waals surface area contributed by atoms with Gasteiger partial charge in [0.2, 0.25) is 0 Å². The lowest BCUT2D eigenvalue weighted by molar-refractivity contribution is -0.196. The molecule has 0 aromatic heterocycles. The molecule has 3 heteroatoms. The van der Waals surface area contributed by atoms with Crippen LogP contribution < -0.4 is 0 Å². The third-order valence-electron chi connectivity index (χ3n) is 12.7. The fraction of sp³-hybridized carbons (Fsp3) is 0.967. The van der Waals surface area contributed by atoms with Gasteiger partial charge in [-0.3, -0.25) is 4.79 Å². The summed E-state index contributed by atoms with van der Waals surface area (Å²) in [4.78, 5) is 13.7. The molecule has 1 spiro atoms. The Balaban J connectivity index is 1.47. The third-order valence-corrected chi connectivity index (χ3v) is 12.7. The lowest BCUT2D eigenvalue weighted by Gasteiger charge is -2.65. The van der Waals surface area contributed by atoms with Crippen LogP contribution in [0, 0.1) is 57.2 Å². The maximum atomic E-state index is 13.7. The fourth-order valence-electron chi connectivity index (χ4n) is 10.8. The quantitative estimate of drug-likeness (QED) is 0.451. The topological polar surface area (TPSA) is 46.5 Å². The zero-order valence-electron chi connectivity index (χ0n) is 22.5. The van der Waals surface area contributed by atoms with Crippen LogP contribution in [-0.2, 0) is 9.53 Å². The van der Waals surface area contributed by atoms with Gasteiger partial charge in [0.05, 0.1) is 11.5 Å². The summed E-state index contributed by atoms with van der Waals surface area (Å²) in [5.74, 6) is 3.59. The van der Waals surface area contributed by atoms with E-state index in [0.29, 0.717) is 17.3 Å². The number of carbonyl (C=O) groups is 1. The largest absolute Gasteiger partial charge is 0.462 e. The second kappa shape index (κ2) is 7.71. The monoisotopic (exact) mass is 458 g/mol. The molecular weight excluding hydrogens is 408 g/mol. The third kappa shape index (κ3) is 3.05. The van der Waals surface area contributed by atoms with E-state index in [9.17, 15) is 9.90 Å². The van der Waals surface area contributed by atoms with Crippen molar-refractivity contribution in [2.45, 2.75) is 125 Å². The van der Waals surface area contributed by atoms with Gasteiger partial charge < -0.3 is 9.84 Å². The number of fused-ring (bicyclic) bond motifs is 2. The molecule has 10 atom stereocenters. The van der Waals surface area contributed by atoms with Crippen molar-refractivity contribution in [3.63, 3.8) is 0 Å². The molecule has 0 aromatic carbocycles. The molecule has 1 heterocycles. The van der Waals surface area contributed by atoms with E-state index in [1.165, 1.54) is 38.5 Å². The van der Waals surface area contributed by atoms with E-state index < -0.39 is 0 Å². The Bertz CT molecular complexity index is 787. The van der Waals surface area contributed by atoms with E-state index in [2.05, 4.69) is 48.5 Å². The number of rotatable bonds is 5. The van der Waals surface area contributed by atoms with Gasteiger partial charge in [-0.15, -0.1) is 0 Å². The second-order valence-electron chi connectivity index (χ2n) is 14.6. The van der Waals surface area contributed by atoms with Gasteiger partial charge >= 0.3 is 5.97 Å². The molecular formula is C30H50O3. The molecule has 0 amide bonds. The van der Waals surface area contributed by atoms with Crippen LogP contribution in [0.25, 0.3) is 0 Å². The van der Waals surface area contributed by atoms with Gasteiger partial charge in [-0.1, -0.05) is 67.7 Å². The summed E-state index contributed by atoms with van der Waals surface area (Å²) in [6.07, 6.45) is 11.4. The Kier molecular flexibility index (Phi) is 5.64. The first-order valence-corrected chi connectivity index (χ1v) is 14.3. The van der Waals surface area contributed by atoms with E-state index in [1.54, 1.807) is 0 Å². The summed E-state index contributed by atoms with van der Waals surface area (Å²) in [5, 5.41) is 10.9. The molecule has 5 rings (SSSR count). The van der Waals surface area contributed by atoms with Crippen LogP contribution in [0.4, 0.5) is 0 Å². The molecule has 0 radical (unpaired) electrons. The van der Waals surface area contributed by atoms with Crippen LogP contribution in [0.15, 0.2) is 0 Å². The van der Waals surface area contributed by atoms with Gasteiger partial charge in [0, 0.05) is 5.92 Å². The molecule has 3 nitrogen and oxygen atoms in total. The molecule has 0 bridgehead atoms. The highest BCUT2D eigenvalue weighted by Crippen LogP contribution is 2.76. The molecule has 5 fully saturated rings. The Hall–Kier alpha value is -0.570.